The molecular formula is C6H11N3O2. The molecule has 62 valence electrons. The van der Waals surface area contributed by atoms with Crippen LogP contribution < -0.4 is 10.7 Å². The molecule has 0 saturated carbocycles. The van der Waals surface area contributed by atoms with Gasteiger partial charge in [-0.1, -0.05) is 0 Å². The van der Waals surface area contributed by atoms with E-state index in [-0.39, 0.29) is 18.2 Å². The highest BCUT2D eigenvalue weighted by atomic mass is 16.2. The van der Waals surface area contributed by atoms with Crippen molar-refractivity contribution in [2.75, 3.05) is 6.54 Å². The number of hydrogen-bond acceptors (Lipinski definition) is 3. The summed E-state index contributed by atoms with van der Waals surface area (Å²) in [6.45, 7) is 4.80. The van der Waals surface area contributed by atoms with Crippen LogP contribution in [-0.2, 0) is 9.59 Å². The molecule has 0 aliphatic heterocycles. The number of nitrogens with one attached hydrogen (secondary N) is 2. The Labute approximate surface area is 64.9 Å². The Morgan fingerprint density at radius 2 is 2.18 bits per heavy atom. The molecule has 0 aromatic rings. The predicted molar refractivity (Wildman–Crippen MR) is 41.0 cm³/mol. The van der Waals surface area contributed by atoms with Crippen molar-refractivity contribution in [2.24, 2.45) is 5.10 Å². The van der Waals surface area contributed by atoms with E-state index in [1.165, 1.54) is 6.92 Å². The van der Waals surface area contributed by atoms with Crippen LogP contribution >= 0.6 is 0 Å². The number of nitrogens with zero attached hydrogens (tertiary/aromatic N) is 1. The lowest BCUT2D eigenvalue weighted by Gasteiger charge is -1.99. The summed E-state index contributed by atoms with van der Waals surface area (Å²) < 4.78 is 0. The molecule has 0 aromatic carbocycles. The average molecular weight is 157 g/mol. The standard InChI is InChI=1S/C6H11N3O2/c1-5(10)8-4-3-6(11)9-7-2/h2-4H2,1H3,(H,8,10)(H,9,11). The average Bonchev–Trinajstić information content (AvgIpc) is 1.87. The van der Waals surface area contributed by atoms with Gasteiger partial charge in [0.2, 0.25) is 11.8 Å². The summed E-state index contributed by atoms with van der Waals surface area (Å²) >= 11 is 0. The van der Waals surface area contributed by atoms with Crippen molar-refractivity contribution in [1.82, 2.24) is 10.7 Å². The van der Waals surface area contributed by atoms with Crippen LogP contribution in [0.5, 0.6) is 0 Å². The van der Waals surface area contributed by atoms with E-state index < -0.39 is 0 Å². The highest BCUT2D eigenvalue weighted by molar-refractivity contribution is 5.77. The molecule has 0 unspecified atom stereocenters. The van der Waals surface area contributed by atoms with Gasteiger partial charge in [0.15, 0.2) is 0 Å². The number of hydrazone groups is 1. The van der Waals surface area contributed by atoms with Crippen molar-refractivity contribution in [3.8, 4) is 0 Å². The largest absolute Gasteiger partial charge is 0.356 e. The smallest absolute Gasteiger partial charge is 0.241 e. The Balaban J connectivity index is 3.31. The number of rotatable bonds is 4. The molecule has 0 saturated heterocycles. The molecule has 2 amide bonds. The first-order valence-corrected chi connectivity index (χ1v) is 3.16. The van der Waals surface area contributed by atoms with Crippen molar-refractivity contribution in [3.05, 3.63) is 0 Å². The fraction of sp³-hybridized carbons (Fsp3) is 0.500. The van der Waals surface area contributed by atoms with E-state index in [2.05, 4.69) is 22.6 Å². The van der Waals surface area contributed by atoms with E-state index in [1.807, 2.05) is 0 Å². The van der Waals surface area contributed by atoms with Gasteiger partial charge in [0.1, 0.15) is 0 Å². The zero-order valence-electron chi connectivity index (χ0n) is 6.39. The van der Waals surface area contributed by atoms with E-state index in [1.54, 1.807) is 0 Å². The highest BCUT2D eigenvalue weighted by Gasteiger charge is 1.98. The monoisotopic (exact) mass is 157 g/mol. The lowest BCUT2D eigenvalue weighted by atomic mass is 10.4. The van der Waals surface area contributed by atoms with Gasteiger partial charge < -0.3 is 5.32 Å². The third kappa shape index (κ3) is 6.50. The minimum Gasteiger partial charge on any atom is -0.356 e. The van der Waals surface area contributed by atoms with Gasteiger partial charge in [0, 0.05) is 26.6 Å². The summed E-state index contributed by atoms with van der Waals surface area (Å²) in [7, 11) is 0. The summed E-state index contributed by atoms with van der Waals surface area (Å²) in [6, 6.07) is 0. The maximum Gasteiger partial charge on any atom is 0.241 e. The van der Waals surface area contributed by atoms with Crippen LogP contribution in [0.15, 0.2) is 5.10 Å². The van der Waals surface area contributed by atoms with Gasteiger partial charge >= 0.3 is 0 Å². The van der Waals surface area contributed by atoms with Crippen LogP contribution in [0.4, 0.5) is 0 Å². The minimum atomic E-state index is -0.256. The minimum absolute atomic E-state index is 0.149. The first-order chi connectivity index (χ1) is 5.16. The van der Waals surface area contributed by atoms with Crippen molar-refractivity contribution < 1.29 is 9.59 Å². The first-order valence-electron chi connectivity index (χ1n) is 3.16. The summed E-state index contributed by atoms with van der Waals surface area (Å²) in [5.74, 6) is -0.405. The van der Waals surface area contributed by atoms with Crippen LogP contribution in [0, 0.1) is 0 Å². The van der Waals surface area contributed by atoms with Gasteiger partial charge in [-0.2, -0.15) is 5.10 Å². The van der Waals surface area contributed by atoms with Crippen molar-refractivity contribution >= 4 is 18.5 Å². The molecule has 0 aliphatic rings. The Morgan fingerprint density at radius 3 is 2.64 bits per heavy atom. The van der Waals surface area contributed by atoms with E-state index >= 15 is 0 Å². The second kappa shape index (κ2) is 5.40. The topological polar surface area (TPSA) is 70.6 Å². The molecule has 0 aliphatic carbocycles. The fourth-order valence-corrected chi connectivity index (χ4v) is 0.496. The van der Waals surface area contributed by atoms with Gasteiger partial charge in [-0.15, -0.1) is 0 Å². The Bertz CT molecular complexity index is 167. The Hall–Kier alpha value is -1.39. The van der Waals surface area contributed by atoms with Crippen LogP contribution in [0.1, 0.15) is 13.3 Å². The third-order valence-corrected chi connectivity index (χ3v) is 0.930. The molecule has 0 bridgehead atoms. The van der Waals surface area contributed by atoms with Crippen LogP contribution in [0.2, 0.25) is 0 Å². The van der Waals surface area contributed by atoms with Gasteiger partial charge in [-0.25, -0.2) is 5.43 Å². The molecule has 0 rings (SSSR count). The Kier molecular flexibility index (Phi) is 4.72. The molecule has 11 heavy (non-hydrogen) atoms. The molecule has 0 atom stereocenters. The highest BCUT2D eigenvalue weighted by Crippen LogP contribution is 1.76. The molecule has 0 fully saturated rings. The molecule has 0 aromatic heterocycles. The third-order valence-electron chi connectivity index (χ3n) is 0.930. The molecule has 5 nitrogen and oxygen atoms in total. The van der Waals surface area contributed by atoms with E-state index in [0.29, 0.717) is 6.54 Å². The fourth-order valence-electron chi connectivity index (χ4n) is 0.496. The second-order valence-corrected chi connectivity index (χ2v) is 1.93. The molecular weight excluding hydrogens is 146 g/mol. The number of carbonyl (C=O) groups excluding carboxylic acids is 2. The maximum absolute atomic E-state index is 10.6. The molecule has 0 radical (unpaired) electrons. The van der Waals surface area contributed by atoms with Crippen molar-refractivity contribution in [1.29, 1.82) is 0 Å². The molecule has 0 spiro atoms. The predicted octanol–water partition coefficient (Wildman–Crippen LogP) is -0.756. The SMILES string of the molecule is C=NNC(=O)CCNC(C)=O. The quantitative estimate of drug-likeness (QED) is 0.416. The van der Waals surface area contributed by atoms with Crippen molar-refractivity contribution in [2.45, 2.75) is 13.3 Å². The lowest BCUT2D eigenvalue weighted by molar-refractivity contribution is -0.121. The van der Waals surface area contributed by atoms with Gasteiger partial charge in [-0.05, 0) is 0 Å². The van der Waals surface area contributed by atoms with Crippen LogP contribution in [-0.4, -0.2) is 25.1 Å². The van der Waals surface area contributed by atoms with Gasteiger partial charge in [0.05, 0.1) is 0 Å². The number of hydrogen-bond donors (Lipinski definition) is 2. The zero-order chi connectivity index (χ0) is 8.69. The van der Waals surface area contributed by atoms with Crippen LogP contribution in [0.25, 0.3) is 0 Å². The van der Waals surface area contributed by atoms with Crippen molar-refractivity contribution in [3.63, 3.8) is 0 Å². The van der Waals surface area contributed by atoms with Gasteiger partial charge in [-0.3, -0.25) is 9.59 Å². The molecule has 2 N–H and O–H groups in total. The first kappa shape index (κ1) is 9.61. The molecule has 0 heterocycles. The summed E-state index contributed by atoms with van der Waals surface area (Å²) in [5.41, 5.74) is 2.14. The second-order valence-electron chi connectivity index (χ2n) is 1.93. The number of amides is 2. The number of carbonyl (C=O) groups is 2. The maximum atomic E-state index is 10.6. The summed E-state index contributed by atoms with van der Waals surface area (Å²) in [5, 5.41) is 5.64. The summed E-state index contributed by atoms with van der Waals surface area (Å²) in [4.78, 5) is 20.9. The van der Waals surface area contributed by atoms with E-state index in [4.69, 9.17) is 0 Å². The zero-order valence-corrected chi connectivity index (χ0v) is 6.39. The summed E-state index contributed by atoms with van der Waals surface area (Å²) in [6.07, 6.45) is 0.221. The van der Waals surface area contributed by atoms with Gasteiger partial charge in [0.25, 0.3) is 0 Å². The lowest BCUT2D eigenvalue weighted by Crippen LogP contribution is -2.26. The molecule has 5 heteroatoms. The van der Waals surface area contributed by atoms with Crippen LogP contribution in [0.3, 0.4) is 0 Å². The normalized spacial score (nSPS) is 8.45. The van der Waals surface area contributed by atoms with E-state index in [9.17, 15) is 9.59 Å². The Morgan fingerprint density at radius 1 is 1.55 bits per heavy atom. The van der Waals surface area contributed by atoms with E-state index in [0.717, 1.165) is 0 Å².